The highest BCUT2D eigenvalue weighted by molar-refractivity contribution is 9.10. The Morgan fingerprint density at radius 1 is 1.29 bits per heavy atom. The van der Waals surface area contributed by atoms with Crippen molar-refractivity contribution in [2.24, 2.45) is 7.05 Å². The molecule has 1 N–H and O–H groups in total. The summed E-state index contributed by atoms with van der Waals surface area (Å²) in [6.45, 7) is 9.47. The van der Waals surface area contributed by atoms with Crippen molar-refractivity contribution in [1.29, 1.82) is 0 Å². The summed E-state index contributed by atoms with van der Waals surface area (Å²) in [5, 5.41) is 8.12. The standard InChI is InChI=1S/C17H24BrN3/c1-6-19-15(14-9-11(2)7-8-12(14)3)10-16-17(18)13(4)20-21(16)5/h7-9,15,19H,6,10H2,1-5H3. The van der Waals surface area contributed by atoms with E-state index in [1.54, 1.807) is 0 Å². The van der Waals surface area contributed by atoms with Gasteiger partial charge in [0.25, 0.3) is 0 Å². The number of likely N-dealkylation sites (N-methyl/N-ethyl adjacent to an activating group) is 1. The molecule has 2 rings (SSSR count). The van der Waals surface area contributed by atoms with Crippen LogP contribution in [0.4, 0.5) is 0 Å². The monoisotopic (exact) mass is 349 g/mol. The van der Waals surface area contributed by atoms with Crippen molar-refractivity contribution in [2.45, 2.75) is 40.2 Å². The van der Waals surface area contributed by atoms with Crippen LogP contribution in [0.5, 0.6) is 0 Å². The molecule has 21 heavy (non-hydrogen) atoms. The van der Waals surface area contributed by atoms with Crippen LogP contribution in [0.1, 0.15) is 41.0 Å². The van der Waals surface area contributed by atoms with Crippen LogP contribution < -0.4 is 5.32 Å². The Bertz CT molecular complexity index is 631. The maximum atomic E-state index is 4.50. The van der Waals surface area contributed by atoms with E-state index in [9.17, 15) is 0 Å². The second kappa shape index (κ2) is 6.75. The van der Waals surface area contributed by atoms with Gasteiger partial charge in [-0.2, -0.15) is 5.10 Å². The van der Waals surface area contributed by atoms with Crippen LogP contribution in [0.3, 0.4) is 0 Å². The molecule has 0 aliphatic carbocycles. The van der Waals surface area contributed by atoms with Gasteiger partial charge in [-0.3, -0.25) is 4.68 Å². The number of nitrogens with one attached hydrogen (secondary N) is 1. The van der Waals surface area contributed by atoms with E-state index in [0.717, 1.165) is 23.1 Å². The minimum absolute atomic E-state index is 0.306. The van der Waals surface area contributed by atoms with Gasteiger partial charge < -0.3 is 5.32 Å². The molecule has 1 aromatic carbocycles. The Morgan fingerprint density at radius 3 is 2.57 bits per heavy atom. The Balaban J connectivity index is 2.37. The van der Waals surface area contributed by atoms with Crippen LogP contribution >= 0.6 is 15.9 Å². The van der Waals surface area contributed by atoms with Crippen molar-refractivity contribution in [1.82, 2.24) is 15.1 Å². The molecule has 1 atom stereocenters. The van der Waals surface area contributed by atoms with Crippen LogP contribution in [-0.4, -0.2) is 16.3 Å². The summed E-state index contributed by atoms with van der Waals surface area (Å²) in [4.78, 5) is 0. The van der Waals surface area contributed by atoms with E-state index in [2.05, 4.69) is 65.3 Å². The first-order valence-electron chi connectivity index (χ1n) is 7.42. The lowest BCUT2D eigenvalue weighted by atomic mass is 9.95. The topological polar surface area (TPSA) is 29.9 Å². The third kappa shape index (κ3) is 3.55. The fraction of sp³-hybridized carbons (Fsp3) is 0.471. The number of benzene rings is 1. The van der Waals surface area contributed by atoms with Crippen molar-refractivity contribution < 1.29 is 0 Å². The molecule has 1 heterocycles. The third-order valence-electron chi connectivity index (χ3n) is 3.92. The summed E-state index contributed by atoms with van der Waals surface area (Å²) in [5.41, 5.74) is 6.30. The number of hydrogen-bond acceptors (Lipinski definition) is 2. The van der Waals surface area contributed by atoms with Crippen LogP contribution in [0, 0.1) is 20.8 Å². The predicted molar refractivity (Wildman–Crippen MR) is 91.7 cm³/mol. The van der Waals surface area contributed by atoms with E-state index in [-0.39, 0.29) is 0 Å². The van der Waals surface area contributed by atoms with Gasteiger partial charge in [-0.25, -0.2) is 0 Å². The minimum atomic E-state index is 0.306. The number of hydrogen-bond donors (Lipinski definition) is 1. The predicted octanol–water partition coefficient (Wildman–Crippen LogP) is 4.00. The van der Waals surface area contributed by atoms with Crippen molar-refractivity contribution >= 4 is 15.9 Å². The van der Waals surface area contributed by atoms with Crippen LogP contribution in [0.15, 0.2) is 22.7 Å². The van der Waals surface area contributed by atoms with Crippen molar-refractivity contribution in [3.8, 4) is 0 Å². The number of rotatable bonds is 5. The first-order chi connectivity index (χ1) is 9.93. The fourth-order valence-corrected chi connectivity index (χ4v) is 3.27. The smallest absolute Gasteiger partial charge is 0.0738 e. The van der Waals surface area contributed by atoms with Crippen LogP contribution in [0.25, 0.3) is 0 Å². The van der Waals surface area contributed by atoms with Gasteiger partial charge in [-0.1, -0.05) is 30.7 Å². The maximum Gasteiger partial charge on any atom is 0.0738 e. The lowest BCUT2D eigenvalue weighted by molar-refractivity contribution is 0.525. The quantitative estimate of drug-likeness (QED) is 0.883. The highest BCUT2D eigenvalue weighted by atomic mass is 79.9. The second-order valence-electron chi connectivity index (χ2n) is 5.64. The number of halogens is 1. The molecule has 0 fully saturated rings. The Morgan fingerprint density at radius 2 is 2.00 bits per heavy atom. The first kappa shape index (κ1) is 16.2. The Kier molecular flexibility index (Phi) is 5.22. The van der Waals surface area contributed by atoms with Crippen molar-refractivity contribution in [2.75, 3.05) is 6.54 Å². The molecule has 4 heteroatoms. The van der Waals surface area contributed by atoms with Crippen LogP contribution in [0.2, 0.25) is 0 Å². The lowest BCUT2D eigenvalue weighted by Gasteiger charge is -2.21. The fourth-order valence-electron chi connectivity index (χ4n) is 2.77. The summed E-state index contributed by atoms with van der Waals surface area (Å²) in [7, 11) is 2.01. The van der Waals surface area contributed by atoms with E-state index < -0.39 is 0 Å². The normalized spacial score (nSPS) is 12.7. The van der Waals surface area contributed by atoms with Gasteiger partial charge in [0.2, 0.25) is 0 Å². The molecule has 0 spiro atoms. The molecule has 1 unspecified atom stereocenters. The molecule has 0 aliphatic rings. The summed E-state index contributed by atoms with van der Waals surface area (Å²) in [6, 6.07) is 6.98. The molecule has 3 nitrogen and oxygen atoms in total. The molecule has 114 valence electrons. The molecule has 2 aromatic rings. The lowest BCUT2D eigenvalue weighted by Crippen LogP contribution is -2.25. The number of aromatic nitrogens is 2. The molecule has 0 aliphatic heterocycles. The molecule has 1 aromatic heterocycles. The van der Waals surface area contributed by atoms with E-state index in [4.69, 9.17) is 0 Å². The maximum absolute atomic E-state index is 4.50. The molecule has 0 amide bonds. The zero-order valence-corrected chi connectivity index (χ0v) is 15.1. The molecule has 0 bridgehead atoms. The van der Waals surface area contributed by atoms with Gasteiger partial charge >= 0.3 is 0 Å². The summed E-state index contributed by atoms with van der Waals surface area (Å²) >= 11 is 3.68. The zero-order chi connectivity index (χ0) is 15.6. The van der Waals surface area contributed by atoms with Gasteiger partial charge in [-0.05, 0) is 54.4 Å². The molecule has 0 radical (unpaired) electrons. The van der Waals surface area contributed by atoms with Gasteiger partial charge in [-0.15, -0.1) is 0 Å². The summed E-state index contributed by atoms with van der Waals surface area (Å²) in [6.07, 6.45) is 0.927. The van der Waals surface area contributed by atoms with E-state index >= 15 is 0 Å². The van der Waals surface area contributed by atoms with Gasteiger partial charge in [0.05, 0.1) is 15.9 Å². The SMILES string of the molecule is CCNC(Cc1c(Br)c(C)nn1C)c1cc(C)ccc1C. The first-order valence-corrected chi connectivity index (χ1v) is 8.21. The average molecular weight is 350 g/mol. The van der Waals surface area contributed by atoms with Crippen LogP contribution in [-0.2, 0) is 13.5 Å². The highest BCUT2D eigenvalue weighted by Crippen LogP contribution is 2.28. The minimum Gasteiger partial charge on any atom is -0.310 e. The van der Waals surface area contributed by atoms with Crippen molar-refractivity contribution in [3.05, 3.63) is 50.8 Å². The van der Waals surface area contributed by atoms with E-state index in [1.807, 2.05) is 18.7 Å². The van der Waals surface area contributed by atoms with E-state index in [0.29, 0.717) is 6.04 Å². The number of nitrogens with zero attached hydrogens (tertiary/aromatic N) is 2. The highest BCUT2D eigenvalue weighted by Gasteiger charge is 2.19. The zero-order valence-electron chi connectivity index (χ0n) is 13.5. The summed E-state index contributed by atoms with van der Waals surface area (Å²) < 4.78 is 3.10. The Hall–Kier alpha value is -1.13. The molecule has 0 saturated carbocycles. The van der Waals surface area contributed by atoms with Gasteiger partial charge in [0.1, 0.15) is 0 Å². The average Bonchev–Trinajstić information content (AvgIpc) is 2.67. The van der Waals surface area contributed by atoms with E-state index in [1.165, 1.54) is 22.4 Å². The Labute approximate surface area is 135 Å². The largest absolute Gasteiger partial charge is 0.310 e. The van der Waals surface area contributed by atoms with Gasteiger partial charge in [0, 0.05) is 19.5 Å². The number of aryl methyl sites for hydroxylation is 4. The van der Waals surface area contributed by atoms with Gasteiger partial charge in [0.15, 0.2) is 0 Å². The molecular weight excluding hydrogens is 326 g/mol. The summed E-state index contributed by atoms with van der Waals surface area (Å²) in [5.74, 6) is 0. The second-order valence-corrected chi connectivity index (χ2v) is 6.44. The third-order valence-corrected chi connectivity index (χ3v) is 4.95. The molecular formula is C17H24BrN3. The molecule has 0 saturated heterocycles. The van der Waals surface area contributed by atoms with Crippen molar-refractivity contribution in [3.63, 3.8) is 0 Å².